The molecule has 1 saturated heterocycles. The molecule has 0 bridgehead atoms. The molecule has 142 valence electrons. The SMILES string of the molecule is C[C@@H]1C(=O)N(c2ccc(SC(F)(F)F)cc2)C(=O)N1Cc1ccncc1O. The predicted octanol–water partition coefficient (Wildman–Crippen LogP) is 3.76. The number of halogens is 3. The van der Waals surface area contributed by atoms with E-state index in [-0.39, 0.29) is 34.6 Å². The zero-order chi connectivity index (χ0) is 19.8. The number of pyridine rings is 1. The van der Waals surface area contributed by atoms with Crippen LogP contribution in [0, 0.1) is 0 Å². The third-order valence-corrected chi connectivity index (χ3v) is 4.78. The van der Waals surface area contributed by atoms with Crippen LogP contribution in [-0.4, -0.2) is 38.5 Å². The van der Waals surface area contributed by atoms with E-state index in [0.29, 0.717) is 5.56 Å². The molecule has 3 amide bonds. The molecule has 0 saturated carbocycles. The molecule has 1 fully saturated rings. The van der Waals surface area contributed by atoms with Gasteiger partial charge in [0, 0.05) is 16.7 Å². The Hall–Kier alpha value is -2.75. The molecule has 1 aromatic carbocycles. The van der Waals surface area contributed by atoms with Crippen molar-refractivity contribution in [2.45, 2.75) is 29.9 Å². The van der Waals surface area contributed by atoms with Gasteiger partial charge in [-0.25, -0.2) is 9.69 Å². The lowest BCUT2D eigenvalue weighted by Gasteiger charge is -2.19. The first-order chi connectivity index (χ1) is 12.7. The Bertz CT molecular complexity index is 874. The van der Waals surface area contributed by atoms with Crippen molar-refractivity contribution in [1.29, 1.82) is 0 Å². The summed E-state index contributed by atoms with van der Waals surface area (Å²) in [6.07, 6.45) is 2.69. The summed E-state index contributed by atoms with van der Waals surface area (Å²) in [5.41, 5.74) is -3.81. The first kappa shape index (κ1) is 19.0. The van der Waals surface area contributed by atoms with Crippen molar-refractivity contribution < 1.29 is 27.9 Å². The number of imide groups is 1. The van der Waals surface area contributed by atoms with Crippen molar-refractivity contribution in [3.05, 3.63) is 48.3 Å². The largest absolute Gasteiger partial charge is 0.506 e. The molecule has 1 aliphatic rings. The summed E-state index contributed by atoms with van der Waals surface area (Å²) in [6.45, 7) is 1.55. The first-order valence-electron chi connectivity index (χ1n) is 7.79. The molecule has 1 aliphatic heterocycles. The van der Waals surface area contributed by atoms with E-state index in [2.05, 4.69) is 4.98 Å². The monoisotopic (exact) mass is 397 g/mol. The van der Waals surface area contributed by atoms with Gasteiger partial charge >= 0.3 is 11.5 Å². The van der Waals surface area contributed by atoms with Gasteiger partial charge in [-0.1, -0.05) is 0 Å². The fourth-order valence-corrected chi connectivity index (χ4v) is 3.22. The predicted molar refractivity (Wildman–Crippen MR) is 92.1 cm³/mol. The van der Waals surface area contributed by atoms with Gasteiger partial charge in [-0.3, -0.25) is 9.78 Å². The maximum absolute atomic E-state index is 12.7. The summed E-state index contributed by atoms with van der Waals surface area (Å²) in [7, 11) is 0. The van der Waals surface area contributed by atoms with E-state index >= 15 is 0 Å². The summed E-state index contributed by atoms with van der Waals surface area (Å²) >= 11 is -0.274. The second kappa shape index (κ2) is 7.10. The summed E-state index contributed by atoms with van der Waals surface area (Å²) in [4.78, 5) is 31.1. The summed E-state index contributed by atoms with van der Waals surface area (Å²) in [5, 5.41) is 9.82. The number of nitrogens with zero attached hydrogens (tertiary/aromatic N) is 3. The van der Waals surface area contributed by atoms with Crippen LogP contribution in [0.1, 0.15) is 12.5 Å². The van der Waals surface area contributed by atoms with Gasteiger partial charge < -0.3 is 10.0 Å². The van der Waals surface area contributed by atoms with Gasteiger partial charge in [-0.15, -0.1) is 0 Å². The first-order valence-corrected chi connectivity index (χ1v) is 8.61. The molecule has 0 spiro atoms. The van der Waals surface area contributed by atoms with Crippen LogP contribution in [0.25, 0.3) is 0 Å². The van der Waals surface area contributed by atoms with Crippen molar-refractivity contribution in [3.8, 4) is 5.75 Å². The van der Waals surface area contributed by atoms with Gasteiger partial charge in [0.25, 0.3) is 5.91 Å². The second-order valence-electron chi connectivity index (χ2n) is 5.81. The number of aromatic hydroxyl groups is 1. The molecule has 0 unspecified atom stereocenters. The molecule has 3 rings (SSSR count). The smallest absolute Gasteiger partial charge is 0.446 e. The highest BCUT2D eigenvalue weighted by Crippen LogP contribution is 2.38. The molecule has 0 aliphatic carbocycles. The van der Waals surface area contributed by atoms with Crippen molar-refractivity contribution in [2.24, 2.45) is 0 Å². The number of hydrogen-bond donors (Lipinski definition) is 1. The molecule has 27 heavy (non-hydrogen) atoms. The minimum atomic E-state index is -4.42. The van der Waals surface area contributed by atoms with Crippen molar-refractivity contribution in [2.75, 3.05) is 4.90 Å². The van der Waals surface area contributed by atoms with E-state index in [4.69, 9.17) is 0 Å². The molecule has 10 heteroatoms. The fraction of sp³-hybridized carbons (Fsp3) is 0.235. The maximum atomic E-state index is 12.7. The minimum Gasteiger partial charge on any atom is -0.506 e. The molecule has 1 N–H and O–H groups in total. The fourth-order valence-electron chi connectivity index (χ4n) is 2.68. The summed E-state index contributed by atoms with van der Waals surface area (Å²) in [6, 6.07) is 5.14. The van der Waals surface area contributed by atoms with Crippen LogP contribution in [0.2, 0.25) is 0 Å². The molecular formula is C17H14F3N3O3S. The van der Waals surface area contributed by atoms with Crippen molar-refractivity contribution in [1.82, 2.24) is 9.88 Å². The Labute approximate surface area is 156 Å². The minimum absolute atomic E-state index is 0.00139. The zero-order valence-electron chi connectivity index (χ0n) is 14.0. The highest BCUT2D eigenvalue weighted by atomic mass is 32.2. The second-order valence-corrected chi connectivity index (χ2v) is 6.94. The number of alkyl halides is 3. The number of carbonyl (C=O) groups excluding carboxylic acids is 2. The third kappa shape index (κ3) is 4.00. The van der Waals surface area contributed by atoms with Gasteiger partial charge in [0.2, 0.25) is 0 Å². The normalized spacial score (nSPS) is 17.7. The number of amides is 3. The van der Waals surface area contributed by atoms with E-state index in [9.17, 15) is 27.9 Å². The Morgan fingerprint density at radius 1 is 1.19 bits per heavy atom. The topological polar surface area (TPSA) is 73.7 Å². The average molecular weight is 397 g/mol. The Morgan fingerprint density at radius 3 is 2.44 bits per heavy atom. The van der Waals surface area contributed by atoms with Gasteiger partial charge in [0.05, 0.1) is 18.4 Å². The number of thioether (sulfide) groups is 1. The summed E-state index contributed by atoms with van der Waals surface area (Å²) < 4.78 is 37.3. The van der Waals surface area contributed by atoms with Crippen LogP contribution in [0.15, 0.2) is 47.6 Å². The van der Waals surface area contributed by atoms with Crippen LogP contribution in [-0.2, 0) is 11.3 Å². The lowest BCUT2D eigenvalue weighted by Crippen LogP contribution is -2.33. The highest BCUT2D eigenvalue weighted by molar-refractivity contribution is 8.00. The molecule has 1 aromatic heterocycles. The summed E-state index contributed by atoms with van der Waals surface area (Å²) in [5.74, 6) is -0.596. The highest BCUT2D eigenvalue weighted by Gasteiger charge is 2.43. The molecule has 1 atom stereocenters. The van der Waals surface area contributed by atoms with E-state index in [1.54, 1.807) is 6.92 Å². The number of aromatic nitrogens is 1. The number of anilines is 1. The molecule has 6 nitrogen and oxygen atoms in total. The molecule has 2 aromatic rings. The lowest BCUT2D eigenvalue weighted by atomic mass is 10.2. The molecule has 0 radical (unpaired) electrons. The quantitative estimate of drug-likeness (QED) is 0.628. The third-order valence-electron chi connectivity index (χ3n) is 4.04. The van der Waals surface area contributed by atoms with Crippen molar-refractivity contribution in [3.63, 3.8) is 0 Å². The van der Waals surface area contributed by atoms with Crippen LogP contribution in [0.5, 0.6) is 5.75 Å². The van der Waals surface area contributed by atoms with Crippen LogP contribution >= 0.6 is 11.8 Å². The lowest BCUT2D eigenvalue weighted by molar-refractivity contribution is -0.119. The number of carbonyl (C=O) groups is 2. The van der Waals surface area contributed by atoms with Crippen LogP contribution < -0.4 is 4.90 Å². The van der Waals surface area contributed by atoms with E-state index in [0.717, 1.165) is 4.90 Å². The Kier molecular flexibility index (Phi) is 5.01. The van der Waals surface area contributed by atoms with Gasteiger partial charge in [0.15, 0.2) is 0 Å². The van der Waals surface area contributed by atoms with Crippen LogP contribution in [0.3, 0.4) is 0 Å². The zero-order valence-corrected chi connectivity index (χ0v) is 14.8. The van der Waals surface area contributed by atoms with Crippen LogP contribution in [0.4, 0.5) is 23.7 Å². The standard InChI is InChI=1S/C17H14F3N3O3S/c1-10-15(25)23(12-2-4-13(5-3-12)27-17(18,19)20)16(26)22(10)9-11-6-7-21-8-14(11)24/h2-8,10,24H,9H2,1H3/t10-/m1/s1. The average Bonchev–Trinajstić information content (AvgIpc) is 2.80. The number of benzene rings is 1. The number of urea groups is 1. The molecular weight excluding hydrogens is 383 g/mol. The van der Waals surface area contributed by atoms with E-state index in [1.807, 2.05) is 0 Å². The Balaban J connectivity index is 1.82. The van der Waals surface area contributed by atoms with Gasteiger partial charge in [0.1, 0.15) is 11.8 Å². The number of rotatable bonds is 4. The van der Waals surface area contributed by atoms with E-state index in [1.165, 1.54) is 47.6 Å². The van der Waals surface area contributed by atoms with E-state index < -0.39 is 23.5 Å². The number of hydrogen-bond acceptors (Lipinski definition) is 5. The maximum Gasteiger partial charge on any atom is 0.446 e. The molecule has 2 heterocycles. The Morgan fingerprint density at radius 2 is 1.85 bits per heavy atom. The van der Waals surface area contributed by atoms with Gasteiger partial charge in [-0.05, 0) is 49.0 Å². The van der Waals surface area contributed by atoms with Gasteiger partial charge in [-0.2, -0.15) is 13.2 Å². The van der Waals surface area contributed by atoms with Crippen molar-refractivity contribution >= 4 is 29.4 Å².